The van der Waals surface area contributed by atoms with Crippen LogP contribution in [-0.4, -0.2) is 37.1 Å². The third kappa shape index (κ3) is 1.40. The van der Waals surface area contributed by atoms with Gasteiger partial charge in [-0.2, -0.15) is 0 Å². The molecule has 1 saturated carbocycles. The normalized spacial score (nSPS) is 43.1. The first kappa shape index (κ1) is 12.0. The Labute approximate surface area is 88.2 Å². The second-order valence-corrected chi connectivity index (χ2v) is 6.79. The van der Waals surface area contributed by atoms with E-state index in [2.05, 4.69) is 34.9 Å². The first-order valence-electron chi connectivity index (χ1n) is 5.59. The Kier molecular flexibility index (Phi) is 2.53. The molecular formula is C12H25NO. The van der Waals surface area contributed by atoms with Gasteiger partial charge in [0.2, 0.25) is 0 Å². The second kappa shape index (κ2) is 2.96. The number of likely N-dealkylation sites (tertiary alicyclic amines) is 1. The highest BCUT2D eigenvalue weighted by Crippen LogP contribution is 2.59. The van der Waals surface area contributed by atoms with E-state index in [1.165, 1.54) is 30.4 Å². The van der Waals surface area contributed by atoms with Gasteiger partial charge in [0.15, 0.2) is 0 Å². The summed E-state index contributed by atoms with van der Waals surface area (Å²) in [6.45, 7) is 10.2. The Morgan fingerprint density at radius 2 is 1.71 bits per heavy atom. The average Bonchev–Trinajstić information content (AvgIpc) is 2.14. The van der Waals surface area contributed by atoms with E-state index in [1.807, 2.05) is 0 Å². The third-order valence-electron chi connectivity index (χ3n) is 5.11. The van der Waals surface area contributed by atoms with Gasteiger partial charge in [-0.05, 0) is 18.3 Å². The molecule has 1 saturated heterocycles. The molecule has 2 unspecified atom stereocenters. The number of piperidine rings is 1. The van der Waals surface area contributed by atoms with E-state index in [1.54, 1.807) is 0 Å². The first-order valence-corrected chi connectivity index (χ1v) is 5.59. The predicted molar refractivity (Wildman–Crippen MR) is 58.4 cm³/mol. The molecule has 0 spiro atoms. The van der Waals surface area contributed by atoms with Crippen molar-refractivity contribution >= 4 is 0 Å². The van der Waals surface area contributed by atoms with Gasteiger partial charge in [0, 0.05) is 11.3 Å². The molecule has 0 radical (unpaired) electrons. The molecule has 0 amide bonds. The molecule has 14 heavy (non-hydrogen) atoms. The Morgan fingerprint density at radius 1 is 1.14 bits per heavy atom. The van der Waals surface area contributed by atoms with Crippen LogP contribution in [-0.2, 0) is 0 Å². The van der Waals surface area contributed by atoms with E-state index >= 15 is 0 Å². The van der Waals surface area contributed by atoms with Crippen molar-refractivity contribution in [3.05, 3.63) is 0 Å². The summed E-state index contributed by atoms with van der Waals surface area (Å²) in [5, 5.41) is 0. The van der Waals surface area contributed by atoms with E-state index in [9.17, 15) is 0 Å². The highest BCUT2D eigenvalue weighted by Gasteiger charge is 2.59. The molecule has 2 nitrogen and oxygen atoms in total. The van der Waals surface area contributed by atoms with Crippen molar-refractivity contribution in [2.24, 2.45) is 16.7 Å². The predicted octanol–water partition coefficient (Wildman–Crippen LogP) is 2.34. The number of nitrogens with zero attached hydrogens (tertiary/aromatic N) is 1. The standard InChI is InChI=1S/C12H24N.H2O/c1-11(2)10-6-7-12(11,3)9-13(4,5)8-10;/h10H,6-9H2,1-5H3;1H2/q+1;/p-1. The molecular weight excluding hydrogens is 174 g/mol. The van der Waals surface area contributed by atoms with Crippen molar-refractivity contribution in [2.45, 2.75) is 33.6 Å². The Hall–Kier alpha value is -0.0800. The zero-order valence-corrected chi connectivity index (χ0v) is 10.3. The lowest BCUT2D eigenvalue weighted by Crippen LogP contribution is -2.59. The first-order chi connectivity index (χ1) is 5.77. The number of hydrogen-bond acceptors (Lipinski definition) is 1. The second-order valence-electron chi connectivity index (χ2n) is 6.79. The fraction of sp³-hybridized carbons (Fsp3) is 1.00. The van der Waals surface area contributed by atoms with Crippen LogP contribution in [0.4, 0.5) is 0 Å². The Balaban J connectivity index is 0.000000980. The van der Waals surface area contributed by atoms with Gasteiger partial charge in [-0.15, -0.1) is 0 Å². The number of rotatable bonds is 0. The van der Waals surface area contributed by atoms with Crippen LogP contribution in [0.25, 0.3) is 0 Å². The Bertz CT molecular complexity index is 234. The van der Waals surface area contributed by atoms with Gasteiger partial charge < -0.3 is 9.96 Å². The van der Waals surface area contributed by atoms with Crippen molar-refractivity contribution in [3.8, 4) is 0 Å². The van der Waals surface area contributed by atoms with Crippen LogP contribution in [0.1, 0.15) is 33.6 Å². The summed E-state index contributed by atoms with van der Waals surface area (Å²) in [4.78, 5) is 0. The van der Waals surface area contributed by atoms with E-state index < -0.39 is 0 Å². The summed E-state index contributed by atoms with van der Waals surface area (Å²) in [5.74, 6) is 0.959. The number of fused-ring (bicyclic) bond motifs is 2. The van der Waals surface area contributed by atoms with Gasteiger partial charge >= 0.3 is 0 Å². The largest absolute Gasteiger partial charge is 0.870 e. The fourth-order valence-corrected chi connectivity index (χ4v) is 3.88. The molecule has 1 heterocycles. The maximum absolute atomic E-state index is 2.51. The quantitative estimate of drug-likeness (QED) is 0.551. The molecule has 2 atom stereocenters. The van der Waals surface area contributed by atoms with Crippen LogP contribution >= 0.6 is 0 Å². The maximum atomic E-state index is 2.51. The molecule has 84 valence electrons. The van der Waals surface area contributed by atoms with Crippen LogP contribution in [0.15, 0.2) is 0 Å². The van der Waals surface area contributed by atoms with Crippen LogP contribution in [0.2, 0.25) is 0 Å². The van der Waals surface area contributed by atoms with E-state index in [-0.39, 0.29) is 5.48 Å². The molecule has 0 aromatic rings. The maximum Gasteiger partial charge on any atom is 0.0842 e. The number of hydrogen-bond donors (Lipinski definition) is 0. The Morgan fingerprint density at radius 3 is 2.21 bits per heavy atom. The van der Waals surface area contributed by atoms with Crippen molar-refractivity contribution in [3.63, 3.8) is 0 Å². The lowest BCUT2D eigenvalue weighted by atomic mass is 9.63. The van der Waals surface area contributed by atoms with Crippen molar-refractivity contribution in [1.82, 2.24) is 0 Å². The summed E-state index contributed by atoms with van der Waals surface area (Å²) in [5.41, 5.74) is 1.18. The molecule has 2 aliphatic rings. The molecule has 0 aromatic carbocycles. The van der Waals surface area contributed by atoms with Crippen LogP contribution in [0.3, 0.4) is 0 Å². The molecule has 0 aromatic heterocycles. The molecule has 2 heteroatoms. The SMILES string of the molecule is CC12CCC(C[N+](C)(C)C1)C2(C)C.[OH-]. The summed E-state index contributed by atoms with van der Waals surface area (Å²) < 4.78 is 1.24. The van der Waals surface area contributed by atoms with Crippen molar-refractivity contribution in [1.29, 1.82) is 0 Å². The van der Waals surface area contributed by atoms with E-state index in [0.29, 0.717) is 10.8 Å². The molecule has 1 N–H and O–H groups in total. The third-order valence-corrected chi connectivity index (χ3v) is 5.11. The summed E-state index contributed by atoms with van der Waals surface area (Å²) in [6.07, 6.45) is 2.91. The zero-order chi connectivity index (χ0) is 9.91. The topological polar surface area (TPSA) is 30.0 Å². The van der Waals surface area contributed by atoms with Gasteiger partial charge in [0.05, 0.1) is 27.2 Å². The smallest absolute Gasteiger partial charge is 0.0842 e. The van der Waals surface area contributed by atoms with E-state index in [4.69, 9.17) is 0 Å². The van der Waals surface area contributed by atoms with Crippen LogP contribution in [0.5, 0.6) is 0 Å². The fourth-order valence-electron chi connectivity index (χ4n) is 3.88. The molecule has 2 rings (SSSR count). The lowest BCUT2D eigenvalue weighted by molar-refractivity contribution is -0.907. The zero-order valence-electron chi connectivity index (χ0n) is 10.3. The van der Waals surface area contributed by atoms with Crippen LogP contribution in [0, 0.1) is 16.7 Å². The molecule has 1 aliphatic heterocycles. The minimum absolute atomic E-state index is 0. The highest BCUT2D eigenvalue weighted by atomic mass is 16.0. The summed E-state index contributed by atoms with van der Waals surface area (Å²) in [6, 6.07) is 0. The number of quaternary nitrogens is 1. The van der Waals surface area contributed by atoms with E-state index in [0.717, 1.165) is 5.92 Å². The van der Waals surface area contributed by atoms with Gasteiger partial charge in [0.25, 0.3) is 0 Å². The van der Waals surface area contributed by atoms with Crippen molar-refractivity contribution < 1.29 is 9.96 Å². The average molecular weight is 199 g/mol. The lowest BCUT2D eigenvalue weighted by Gasteiger charge is -2.52. The molecule has 2 fully saturated rings. The van der Waals surface area contributed by atoms with Crippen molar-refractivity contribution in [2.75, 3.05) is 27.2 Å². The monoisotopic (exact) mass is 199 g/mol. The minimum Gasteiger partial charge on any atom is -0.870 e. The van der Waals surface area contributed by atoms with Gasteiger partial charge in [-0.3, -0.25) is 0 Å². The van der Waals surface area contributed by atoms with Gasteiger partial charge in [-0.25, -0.2) is 0 Å². The van der Waals surface area contributed by atoms with Gasteiger partial charge in [-0.1, -0.05) is 20.8 Å². The highest BCUT2D eigenvalue weighted by molar-refractivity contribution is 5.02. The van der Waals surface area contributed by atoms with Gasteiger partial charge in [0.1, 0.15) is 0 Å². The molecule has 1 aliphatic carbocycles. The minimum atomic E-state index is 0. The van der Waals surface area contributed by atoms with Crippen LogP contribution < -0.4 is 0 Å². The summed E-state index contributed by atoms with van der Waals surface area (Å²) in [7, 11) is 4.79. The summed E-state index contributed by atoms with van der Waals surface area (Å²) >= 11 is 0. The molecule has 2 bridgehead atoms.